The molecule has 0 spiro atoms. The highest BCUT2D eigenvalue weighted by Gasteiger charge is 2.29. The van der Waals surface area contributed by atoms with Crippen LogP contribution in [0.1, 0.15) is 17.5 Å². The van der Waals surface area contributed by atoms with Crippen molar-refractivity contribution >= 4 is 17.3 Å². The third-order valence-electron chi connectivity index (χ3n) is 3.65. The molecule has 6 heteroatoms. The van der Waals surface area contributed by atoms with Gasteiger partial charge in [-0.1, -0.05) is 17.3 Å². The average molecular weight is 321 g/mol. The standard InChI is InChI=1S/C18H15N3O3/c1-23-15-4-2-3-13(9-15)16-10-17(24-21-16)18(22)20-14-7-5-12(11-19)6-8-14/h2-9,17H,10H2,1H3,(H,20,22)/t17-/m1/s1. The Hall–Kier alpha value is -3.33. The molecule has 0 aliphatic carbocycles. The van der Waals surface area contributed by atoms with Gasteiger partial charge in [0.1, 0.15) is 5.75 Å². The van der Waals surface area contributed by atoms with Crippen LogP contribution in [0.2, 0.25) is 0 Å². The molecule has 0 fully saturated rings. The van der Waals surface area contributed by atoms with Gasteiger partial charge in [-0.15, -0.1) is 0 Å². The molecule has 0 bridgehead atoms. The van der Waals surface area contributed by atoms with Crippen LogP contribution in [0.3, 0.4) is 0 Å². The normalized spacial score (nSPS) is 15.8. The maximum absolute atomic E-state index is 12.3. The number of nitriles is 1. The van der Waals surface area contributed by atoms with Gasteiger partial charge in [0.2, 0.25) is 6.10 Å². The number of methoxy groups -OCH3 is 1. The highest BCUT2D eigenvalue weighted by Crippen LogP contribution is 2.21. The van der Waals surface area contributed by atoms with E-state index in [0.29, 0.717) is 23.4 Å². The number of amides is 1. The van der Waals surface area contributed by atoms with Crippen LogP contribution in [-0.4, -0.2) is 24.8 Å². The van der Waals surface area contributed by atoms with Crippen LogP contribution in [0.15, 0.2) is 53.7 Å². The fourth-order valence-electron chi connectivity index (χ4n) is 2.34. The van der Waals surface area contributed by atoms with Gasteiger partial charge in [-0.05, 0) is 36.4 Å². The van der Waals surface area contributed by atoms with E-state index in [0.717, 1.165) is 11.3 Å². The highest BCUT2D eigenvalue weighted by atomic mass is 16.6. The van der Waals surface area contributed by atoms with Crippen molar-refractivity contribution in [3.63, 3.8) is 0 Å². The first-order chi connectivity index (χ1) is 11.7. The van der Waals surface area contributed by atoms with E-state index in [9.17, 15) is 4.79 Å². The van der Waals surface area contributed by atoms with Crippen LogP contribution >= 0.6 is 0 Å². The van der Waals surface area contributed by atoms with Crippen LogP contribution < -0.4 is 10.1 Å². The number of carbonyl (C=O) groups is 1. The molecule has 2 aromatic carbocycles. The number of anilines is 1. The largest absolute Gasteiger partial charge is 0.497 e. The molecule has 1 atom stereocenters. The molecule has 120 valence electrons. The summed E-state index contributed by atoms with van der Waals surface area (Å²) in [5.41, 5.74) is 2.71. The highest BCUT2D eigenvalue weighted by molar-refractivity contribution is 6.06. The third kappa shape index (κ3) is 3.36. The minimum Gasteiger partial charge on any atom is -0.497 e. The zero-order valence-electron chi connectivity index (χ0n) is 13.0. The number of carbonyl (C=O) groups excluding carboxylic acids is 1. The zero-order chi connectivity index (χ0) is 16.9. The molecule has 1 aliphatic heterocycles. The predicted octanol–water partition coefficient (Wildman–Crippen LogP) is 2.70. The lowest BCUT2D eigenvalue weighted by Crippen LogP contribution is -2.28. The Bertz CT molecular complexity index is 822. The summed E-state index contributed by atoms with van der Waals surface area (Å²) in [6.45, 7) is 0. The van der Waals surface area contributed by atoms with Crippen molar-refractivity contribution in [2.24, 2.45) is 5.16 Å². The van der Waals surface area contributed by atoms with Crippen LogP contribution in [0.25, 0.3) is 0 Å². The molecule has 0 saturated carbocycles. The first-order valence-corrected chi connectivity index (χ1v) is 7.38. The smallest absolute Gasteiger partial charge is 0.268 e. The molecule has 2 aromatic rings. The van der Waals surface area contributed by atoms with Crippen LogP contribution in [0.5, 0.6) is 5.75 Å². The monoisotopic (exact) mass is 321 g/mol. The van der Waals surface area contributed by atoms with E-state index >= 15 is 0 Å². The topological polar surface area (TPSA) is 83.7 Å². The second-order valence-corrected chi connectivity index (χ2v) is 5.25. The van der Waals surface area contributed by atoms with Crippen molar-refractivity contribution in [1.29, 1.82) is 5.26 Å². The number of ether oxygens (including phenoxy) is 1. The predicted molar refractivity (Wildman–Crippen MR) is 88.8 cm³/mol. The Morgan fingerprint density at radius 3 is 2.83 bits per heavy atom. The number of hydrogen-bond acceptors (Lipinski definition) is 5. The Labute approximate surface area is 139 Å². The number of hydrogen-bond donors (Lipinski definition) is 1. The molecule has 1 N–H and O–H groups in total. The lowest BCUT2D eigenvalue weighted by Gasteiger charge is -2.09. The summed E-state index contributed by atoms with van der Waals surface area (Å²) in [5.74, 6) is 0.446. The number of nitrogens with one attached hydrogen (secondary N) is 1. The van der Waals surface area contributed by atoms with Crippen molar-refractivity contribution in [1.82, 2.24) is 0 Å². The average Bonchev–Trinajstić information content (AvgIpc) is 3.13. The summed E-state index contributed by atoms with van der Waals surface area (Å²) in [5, 5.41) is 15.5. The molecule has 0 radical (unpaired) electrons. The van der Waals surface area contributed by atoms with E-state index in [2.05, 4.69) is 10.5 Å². The van der Waals surface area contributed by atoms with Gasteiger partial charge < -0.3 is 14.9 Å². The lowest BCUT2D eigenvalue weighted by atomic mass is 10.0. The molecule has 1 heterocycles. The van der Waals surface area contributed by atoms with Crippen molar-refractivity contribution in [3.8, 4) is 11.8 Å². The van der Waals surface area contributed by atoms with E-state index in [1.807, 2.05) is 30.3 Å². The summed E-state index contributed by atoms with van der Waals surface area (Å²) < 4.78 is 5.19. The lowest BCUT2D eigenvalue weighted by molar-refractivity contribution is -0.125. The molecular weight excluding hydrogens is 306 g/mol. The van der Waals surface area contributed by atoms with Crippen LogP contribution in [0.4, 0.5) is 5.69 Å². The van der Waals surface area contributed by atoms with E-state index in [-0.39, 0.29) is 5.91 Å². The first kappa shape index (κ1) is 15.6. The quantitative estimate of drug-likeness (QED) is 0.938. The summed E-state index contributed by atoms with van der Waals surface area (Å²) in [7, 11) is 1.60. The Morgan fingerprint density at radius 1 is 1.33 bits per heavy atom. The second-order valence-electron chi connectivity index (χ2n) is 5.25. The third-order valence-corrected chi connectivity index (χ3v) is 3.65. The Morgan fingerprint density at radius 2 is 2.12 bits per heavy atom. The molecule has 0 aromatic heterocycles. The first-order valence-electron chi connectivity index (χ1n) is 7.38. The summed E-state index contributed by atoms with van der Waals surface area (Å²) >= 11 is 0. The molecule has 1 aliphatic rings. The van der Waals surface area contributed by atoms with E-state index in [1.54, 1.807) is 31.4 Å². The van der Waals surface area contributed by atoms with Crippen molar-refractivity contribution < 1.29 is 14.4 Å². The van der Waals surface area contributed by atoms with Gasteiger partial charge in [0.25, 0.3) is 5.91 Å². The number of benzene rings is 2. The molecule has 24 heavy (non-hydrogen) atoms. The minimum atomic E-state index is -0.679. The molecule has 0 saturated heterocycles. The van der Waals surface area contributed by atoms with Gasteiger partial charge in [-0.25, -0.2) is 0 Å². The molecule has 0 unspecified atom stereocenters. The SMILES string of the molecule is COc1cccc(C2=NO[C@@H](C(=O)Nc3ccc(C#N)cc3)C2)c1. The second kappa shape index (κ2) is 6.84. The van der Waals surface area contributed by atoms with Gasteiger partial charge in [0.05, 0.1) is 24.5 Å². The number of rotatable bonds is 4. The molecule has 6 nitrogen and oxygen atoms in total. The van der Waals surface area contributed by atoms with Gasteiger partial charge >= 0.3 is 0 Å². The molecule has 1 amide bonds. The molecular formula is C18H15N3O3. The van der Waals surface area contributed by atoms with Gasteiger partial charge in [-0.3, -0.25) is 4.79 Å². The maximum Gasteiger partial charge on any atom is 0.268 e. The zero-order valence-corrected chi connectivity index (χ0v) is 13.0. The Balaban J connectivity index is 1.63. The molecule has 3 rings (SSSR count). The summed E-state index contributed by atoms with van der Waals surface area (Å²) in [4.78, 5) is 17.5. The maximum atomic E-state index is 12.3. The fourth-order valence-corrected chi connectivity index (χ4v) is 2.34. The van der Waals surface area contributed by atoms with E-state index in [4.69, 9.17) is 14.8 Å². The van der Waals surface area contributed by atoms with E-state index < -0.39 is 6.10 Å². The van der Waals surface area contributed by atoms with Gasteiger partial charge in [-0.2, -0.15) is 5.26 Å². The van der Waals surface area contributed by atoms with E-state index in [1.165, 1.54) is 0 Å². The fraction of sp³-hybridized carbons (Fsp3) is 0.167. The minimum absolute atomic E-state index is 0.277. The van der Waals surface area contributed by atoms with Crippen molar-refractivity contribution in [2.45, 2.75) is 12.5 Å². The summed E-state index contributed by atoms with van der Waals surface area (Å²) in [6.07, 6.45) is -0.295. The van der Waals surface area contributed by atoms with Crippen molar-refractivity contribution in [3.05, 3.63) is 59.7 Å². The van der Waals surface area contributed by atoms with Gasteiger partial charge in [0.15, 0.2) is 0 Å². The Kier molecular flexibility index (Phi) is 4.43. The van der Waals surface area contributed by atoms with Crippen LogP contribution in [0, 0.1) is 11.3 Å². The van der Waals surface area contributed by atoms with Crippen LogP contribution in [-0.2, 0) is 9.63 Å². The number of nitrogens with zero attached hydrogens (tertiary/aromatic N) is 2. The summed E-state index contributed by atoms with van der Waals surface area (Å²) in [6, 6.07) is 16.1. The van der Waals surface area contributed by atoms with Gasteiger partial charge in [0, 0.05) is 17.7 Å². The number of oxime groups is 1. The van der Waals surface area contributed by atoms with Crippen molar-refractivity contribution in [2.75, 3.05) is 12.4 Å².